The average Bonchev–Trinajstić information content (AvgIpc) is 2.23. The normalized spacial score (nSPS) is 12.8. The first-order valence-electron chi connectivity index (χ1n) is 5.32. The molecule has 0 saturated carbocycles. The lowest BCUT2D eigenvalue weighted by molar-refractivity contribution is 0.190. The van der Waals surface area contributed by atoms with Gasteiger partial charge in [-0.25, -0.2) is 4.39 Å². The summed E-state index contributed by atoms with van der Waals surface area (Å²) in [5.74, 6) is -0.233. The second kappa shape index (κ2) is 6.99. The molecule has 1 aromatic carbocycles. The summed E-state index contributed by atoms with van der Waals surface area (Å²) in [5, 5.41) is 0. The van der Waals surface area contributed by atoms with Crippen LogP contribution in [0.4, 0.5) is 4.39 Å². The number of methoxy groups -OCH3 is 1. The third kappa shape index (κ3) is 4.60. The maximum atomic E-state index is 12.9. The zero-order valence-electron chi connectivity index (χ0n) is 9.38. The Morgan fingerprint density at radius 2 is 2.25 bits per heavy atom. The molecule has 0 amide bonds. The highest BCUT2D eigenvalue weighted by molar-refractivity contribution is 9.10. The molecule has 0 aliphatic heterocycles. The molecule has 0 radical (unpaired) electrons. The van der Waals surface area contributed by atoms with Gasteiger partial charge < -0.3 is 10.5 Å². The van der Waals surface area contributed by atoms with Crippen molar-refractivity contribution in [2.24, 2.45) is 5.73 Å². The van der Waals surface area contributed by atoms with Gasteiger partial charge in [-0.05, 0) is 37.0 Å². The first-order chi connectivity index (χ1) is 7.63. The van der Waals surface area contributed by atoms with E-state index in [0.29, 0.717) is 0 Å². The first kappa shape index (κ1) is 13.6. The number of benzene rings is 1. The molecule has 1 rings (SSSR count). The van der Waals surface area contributed by atoms with Crippen LogP contribution in [0.1, 0.15) is 18.4 Å². The van der Waals surface area contributed by atoms with Gasteiger partial charge in [-0.1, -0.05) is 22.0 Å². The van der Waals surface area contributed by atoms with Gasteiger partial charge in [0, 0.05) is 24.2 Å². The summed E-state index contributed by atoms with van der Waals surface area (Å²) < 4.78 is 18.6. The van der Waals surface area contributed by atoms with E-state index in [1.807, 2.05) is 0 Å². The molecule has 1 aromatic rings. The quantitative estimate of drug-likeness (QED) is 0.818. The minimum Gasteiger partial charge on any atom is -0.385 e. The summed E-state index contributed by atoms with van der Waals surface area (Å²) in [6.45, 7) is 0.734. The van der Waals surface area contributed by atoms with E-state index >= 15 is 0 Å². The molecule has 90 valence electrons. The zero-order valence-corrected chi connectivity index (χ0v) is 11.0. The molecule has 1 atom stereocenters. The molecule has 0 bridgehead atoms. The van der Waals surface area contributed by atoms with Crippen LogP contribution in [0.2, 0.25) is 0 Å². The molecule has 1 unspecified atom stereocenters. The molecule has 16 heavy (non-hydrogen) atoms. The number of hydrogen-bond acceptors (Lipinski definition) is 2. The van der Waals surface area contributed by atoms with Crippen LogP contribution >= 0.6 is 15.9 Å². The van der Waals surface area contributed by atoms with Crippen LogP contribution in [-0.4, -0.2) is 19.8 Å². The minimum atomic E-state index is -0.233. The molecular weight excluding hydrogens is 273 g/mol. The predicted octanol–water partition coefficient (Wildman–Crippen LogP) is 2.88. The van der Waals surface area contributed by atoms with E-state index in [-0.39, 0.29) is 11.9 Å². The van der Waals surface area contributed by atoms with Gasteiger partial charge in [0.25, 0.3) is 0 Å². The molecule has 0 saturated heterocycles. The fraction of sp³-hybridized carbons (Fsp3) is 0.500. The van der Waals surface area contributed by atoms with Gasteiger partial charge >= 0.3 is 0 Å². The van der Waals surface area contributed by atoms with Gasteiger partial charge in [0.2, 0.25) is 0 Å². The van der Waals surface area contributed by atoms with Crippen molar-refractivity contribution in [2.45, 2.75) is 25.3 Å². The fourth-order valence-corrected chi connectivity index (χ4v) is 2.07. The highest BCUT2D eigenvalue weighted by Gasteiger charge is 2.07. The molecule has 0 aliphatic rings. The van der Waals surface area contributed by atoms with Crippen molar-refractivity contribution in [3.63, 3.8) is 0 Å². The Balaban J connectivity index is 2.46. The Kier molecular flexibility index (Phi) is 5.95. The van der Waals surface area contributed by atoms with Crippen molar-refractivity contribution in [1.29, 1.82) is 0 Å². The minimum absolute atomic E-state index is 0.0944. The van der Waals surface area contributed by atoms with Crippen LogP contribution in [0, 0.1) is 5.82 Å². The van der Waals surface area contributed by atoms with E-state index in [1.54, 1.807) is 13.2 Å². The molecule has 0 aliphatic carbocycles. The third-order valence-corrected chi connectivity index (χ3v) is 3.16. The molecule has 2 nitrogen and oxygen atoms in total. The van der Waals surface area contributed by atoms with Gasteiger partial charge in [-0.3, -0.25) is 0 Å². The summed E-state index contributed by atoms with van der Waals surface area (Å²) in [7, 11) is 1.68. The van der Waals surface area contributed by atoms with Crippen LogP contribution in [0.5, 0.6) is 0 Å². The van der Waals surface area contributed by atoms with Gasteiger partial charge in [0.15, 0.2) is 0 Å². The third-order valence-electron chi connectivity index (χ3n) is 2.42. The smallest absolute Gasteiger partial charge is 0.124 e. The topological polar surface area (TPSA) is 35.2 Å². The largest absolute Gasteiger partial charge is 0.385 e. The average molecular weight is 290 g/mol. The molecular formula is C12H17BrFNO. The van der Waals surface area contributed by atoms with E-state index < -0.39 is 0 Å². The summed E-state index contributed by atoms with van der Waals surface area (Å²) in [4.78, 5) is 0. The summed E-state index contributed by atoms with van der Waals surface area (Å²) in [5.41, 5.74) is 7.03. The van der Waals surface area contributed by atoms with Crippen molar-refractivity contribution in [3.8, 4) is 0 Å². The van der Waals surface area contributed by atoms with Crippen molar-refractivity contribution < 1.29 is 9.13 Å². The van der Waals surface area contributed by atoms with E-state index in [1.165, 1.54) is 12.1 Å². The molecule has 0 heterocycles. The molecule has 0 fully saturated rings. The van der Waals surface area contributed by atoms with Crippen LogP contribution in [0.25, 0.3) is 0 Å². The maximum absolute atomic E-state index is 12.9. The van der Waals surface area contributed by atoms with Crippen LogP contribution in [-0.2, 0) is 11.2 Å². The van der Waals surface area contributed by atoms with E-state index in [2.05, 4.69) is 15.9 Å². The fourth-order valence-electron chi connectivity index (χ4n) is 1.56. The monoisotopic (exact) mass is 289 g/mol. The predicted molar refractivity (Wildman–Crippen MR) is 66.9 cm³/mol. The van der Waals surface area contributed by atoms with E-state index in [9.17, 15) is 4.39 Å². The van der Waals surface area contributed by atoms with Crippen molar-refractivity contribution in [3.05, 3.63) is 34.1 Å². The molecule has 2 N–H and O–H groups in total. The lowest BCUT2D eigenvalue weighted by Crippen LogP contribution is -2.23. The lowest BCUT2D eigenvalue weighted by atomic mass is 10.0. The number of ether oxygens (including phenoxy) is 1. The number of nitrogens with two attached hydrogens (primary N) is 1. The second-order valence-corrected chi connectivity index (χ2v) is 4.69. The van der Waals surface area contributed by atoms with Gasteiger partial charge in [0.05, 0.1) is 0 Å². The number of hydrogen-bond donors (Lipinski definition) is 1. The zero-order chi connectivity index (χ0) is 12.0. The van der Waals surface area contributed by atoms with Crippen LogP contribution < -0.4 is 5.73 Å². The summed E-state index contributed by atoms with van der Waals surface area (Å²) in [6.07, 6.45) is 2.62. The van der Waals surface area contributed by atoms with Crippen molar-refractivity contribution in [2.75, 3.05) is 13.7 Å². The lowest BCUT2D eigenvalue weighted by Gasteiger charge is -2.12. The van der Waals surface area contributed by atoms with Crippen LogP contribution in [0.3, 0.4) is 0 Å². The summed E-state index contributed by atoms with van der Waals surface area (Å²) >= 11 is 3.34. The highest BCUT2D eigenvalue weighted by Crippen LogP contribution is 2.19. The maximum Gasteiger partial charge on any atom is 0.124 e. The van der Waals surface area contributed by atoms with Gasteiger partial charge in [-0.2, -0.15) is 0 Å². The van der Waals surface area contributed by atoms with Gasteiger partial charge in [0.1, 0.15) is 5.82 Å². The Hall–Kier alpha value is -0.450. The van der Waals surface area contributed by atoms with Crippen molar-refractivity contribution in [1.82, 2.24) is 0 Å². The Bertz CT molecular complexity index is 333. The number of rotatable bonds is 6. The molecule has 4 heteroatoms. The van der Waals surface area contributed by atoms with Crippen molar-refractivity contribution >= 4 is 15.9 Å². The molecule has 0 aromatic heterocycles. The Morgan fingerprint density at radius 3 is 2.88 bits per heavy atom. The van der Waals surface area contributed by atoms with E-state index in [4.69, 9.17) is 10.5 Å². The Morgan fingerprint density at radius 1 is 1.50 bits per heavy atom. The highest BCUT2D eigenvalue weighted by atomic mass is 79.9. The first-order valence-corrected chi connectivity index (χ1v) is 6.11. The Labute approximate surface area is 104 Å². The van der Waals surface area contributed by atoms with Crippen LogP contribution in [0.15, 0.2) is 22.7 Å². The SMILES string of the molecule is COCCCC(N)Cc1ccc(F)cc1Br. The number of halogens is 2. The van der Waals surface area contributed by atoms with E-state index in [0.717, 1.165) is 35.9 Å². The summed E-state index contributed by atoms with van der Waals surface area (Å²) in [6, 6.07) is 4.80. The van der Waals surface area contributed by atoms with Gasteiger partial charge in [-0.15, -0.1) is 0 Å². The second-order valence-electron chi connectivity index (χ2n) is 3.83. The standard InChI is InChI=1S/C12H17BrFNO/c1-16-6-2-3-11(15)7-9-4-5-10(14)8-12(9)13/h4-5,8,11H,2-3,6-7,15H2,1H3. The molecule has 0 spiro atoms.